The summed E-state index contributed by atoms with van der Waals surface area (Å²) in [5, 5.41) is 0. The molecule has 1 N–H and O–H groups in total. The molecule has 2 aromatic heterocycles. The average molecular weight is 364 g/mol. The normalized spacial score (nSPS) is 15.6. The predicted octanol–water partition coefficient (Wildman–Crippen LogP) is 2.77. The molecule has 0 amide bonds. The van der Waals surface area contributed by atoms with Gasteiger partial charge in [0.1, 0.15) is 11.6 Å². The maximum absolute atomic E-state index is 5.55. The predicted molar refractivity (Wildman–Crippen MR) is 98.8 cm³/mol. The van der Waals surface area contributed by atoms with Gasteiger partial charge in [-0.05, 0) is 18.2 Å². The number of methoxy groups -OCH3 is 1. The van der Waals surface area contributed by atoms with E-state index in [0.29, 0.717) is 0 Å². The van der Waals surface area contributed by atoms with E-state index in [1.165, 1.54) is 5.69 Å². The molecule has 7 heteroatoms. The number of H-pyrrole nitrogens is 1. The fourth-order valence-electron chi connectivity index (χ4n) is 3.64. The highest BCUT2D eigenvalue weighted by Crippen LogP contribution is 2.38. The van der Waals surface area contributed by atoms with Crippen molar-refractivity contribution in [1.29, 1.82) is 0 Å². The summed E-state index contributed by atoms with van der Waals surface area (Å²) >= 11 is 0. The number of nitrogens with zero attached hydrogens (tertiary/aromatic N) is 3. The minimum atomic E-state index is 0.264. The first kappa shape index (κ1) is 16.1. The number of aromatic amines is 1. The highest BCUT2D eigenvalue weighted by molar-refractivity contribution is 5.54. The number of rotatable bonds is 4. The van der Waals surface area contributed by atoms with Crippen LogP contribution in [-0.4, -0.2) is 40.3 Å². The van der Waals surface area contributed by atoms with Crippen LogP contribution in [0, 0.1) is 0 Å². The number of hydrogen-bond donors (Lipinski definition) is 1. The first-order chi connectivity index (χ1) is 13.3. The molecule has 0 saturated carbocycles. The van der Waals surface area contributed by atoms with Crippen LogP contribution in [0.3, 0.4) is 0 Å². The number of aromatic nitrogens is 3. The Balaban J connectivity index is 1.37. The second-order valence-corrected chi connectivity index (χ2v) is 6.73. The molecule has 138 valence electrons. The molecule has 0 radical (unpaired) electrons. The van der Waals surface area contributed by atoms with E-state index in [9.17, 15) is 0 Å². The minimum absolute atomic E-state index is 0.264. The van der Waals surface area contributed by atoms with E-state index in [-0.39, 0.29) is 6.79 Å². The molecule has 0 bridgehead atoms. The third-order valence-corrected chi connectivity index (χ3v) is 5.02. The molecule has 4 heterocycles. The number of imidazole rings is 1. The van der Waals surface area contributed by atoms with Crippen LogP contribution in [-0.2, 0) is 19.5 Å². The molecular formula is C20H20N4O3. The van der Waals surface area contributed by atoms with E-state index in [0.717, 1.165) is 65.9 Å². The lowest BCUT2D eigenvalue weighted by Crippen LogP contribution is -2.30. The number of benzene rings is 1. The largest absolute Gasteiger partial charge is 0.496 e. The number of pyridine rings is 1. The highest BCUT2D eigenvalue weighted by atomic mass is 16.7. The molecule has 2 aliphatic heterocycles. The van der Waals surface area contributed by atoms with Crippen LogP contribution in [0.25, 0.3) is 11.4 Å². The molecule has 0 fully saturated rings. The summed E-state index contributed by atoms with van der Waals surface area (Å²) in [5.41, 5.74) is 4.41. The van der Waals surface area contributed by atoms with Crippen LogP contribution in [0.2, 0.25) is 0 Å². The fourth-order valence-corrected chi connectivity index (χ4v) is 3.64. The molecule has 0 spiro atoms. The molecule has 0 atom stereocenters. The maximum Gasteiger partial charge on any atom is 0.231 e. The van der Waals surface area contributed by atoms with E-state index in [4.69, 9.17) is 19.2 Å². The number of fused-ring (bicyclic) bond motifs is 2. The first-order valence-electron chi connectivity index (χ1n) is 8.97. The number of ether oxygens (including phenoxy) is 3. The monoisotopic (exact) mass is 364 g/mol. The van der Waals surface area contributed by atoms with Crippen molar-refractivity contribution >= 4 is 0 Å². The molecule has 5 rings (SSSR count). The van der Waals surface area contributed by atoms with Crippen molar-refractivity contribution in [2.24, 2.45) is 0 Å². The Labute approximate surface area is 156 Å². The van der Waals surface area contributed by atoms with E-state index in [2.05, 4.69) is 14.9 Å². The zero-order valence-corrected chi connectivity index (χ0v) is 15.1. The van der Waals surface area contributed by atoms with E-state index in [1.54, 1.807) is 13.3 Å². The molecular weight excluding hydrogens is 344 g/mol. The van der Waals surface area contributed by atoms with E-state index in [1.807, 2.05) is 30.5 Å². The Morgan fingerprint density at radius 3 is 2.96 bits per heavy atom. The van der Waals surface area contributed by atoms with Gasteiger partial charge in [0.05, 0.1) is 18.5 Å². The third kappa shape index (κ3) is 3.00. The Morgan fingerprint density at radius 1 is 1.26 bits per heavy atom. The van der Waals surface area contributed by atoms with Crippen LogP contribution in [0.15, 0.2) is 36.7 Å². The quantitative estimate of drug-likeness (QED) is 0.767. The van der Waals surface area contributed by atoms with Crippen molar-refractivity contribution in [2.75, 3.05) is 20.4 Å². The fraction of sp³-hybridized carbons (Fsp3) is 0.300. The second-order valence-electron chi connectivity index (χ2n) is 6.73. The Kier molecular flexibility index (Phi) is 3.94. The zero-order chi connectivity index (χ0) is 18.2. The van der Waals surface area contributed by atoms with Gasteiger partial charge in [-0.1, -0.05) is 0 Å². The van der Waals surface area contributed by atoms with Crippen molar-refractivity contribution < 1.29 is 14.2 Å². The zero-order valence-electron chi connectivity index (χ0n) is 15.1. The lowest BCUT2D eigenvalue weighted by atomic mass is 10.1. The van der Waals surface area contributed by atoms with Crippen LogP contribution in [0.5, 0.6) is 17.2 Å². The molecule has 1 aromatic carbocycles. The van der Waals surface area contributed by atoms with Crippen LogP contribution in [0.4, 0.5) is 0 Å². The molecule has 0 saturated heterocycles. The Bertz CT molecular complexity index is 971. The van der Waals surface area contributed by atoms with Crippen molar-refractivity contribution in [2.45, 2.75) is 19.5 Å². The van der Waals surface area contributed by atoms with Crippen molar-refractivity contribution in [3.63, 3.8) is 0 Å². The smallest absolute Gasteiger partial charge is 0.231 e. The van der Waals surface area contributed by atoms with Gasteiger partial charge in [0, 0.05) is 55.6 Å². The van der Waals surface area contributed by atoms with Gasteiger partial charge < -0.3 is 19.2 Å². The minimum Gasteiger partial charge on any atom is -0.496 e. The molecule has 3 aromatic rings. The maximum atomic E-state index is 5.55. The summed E-state index contributed by atoms with van der Waals surface area (Å²) in [6.45, 7) is 2.81. The lowest BCUT2D eigenvalue weighted by molar-refractivity contribution is 0.173. The highest BCUT2D eigenvalue weighted by Gasteiger charge is 2.23. The van der Waals surface area contributed by atoms with Crippen molar-refractivity contribution in [3.8, 4) is 28.6 Å². The molecule has 27 heavy (non-hydrogen) atoms. The summed E-state index contributed by atoms with van der Waals surface area (Å²) in [6.07, 6.45) is 4.52. The Hall–Kier alpha value is -3.06. The van der Waals surface area contributed by atoms with Gasteiger partial charge >= 0.3 is 0 Å². The summed E-state index contributed by atoms with van der Waals surface area (Å²) in [7, 11) is 1.68. The molecule has 0 unspecified atom stereocenters. The van der Waals surface area contributed by atoms with Gasteiger partial charge in [0.25, 0.3) is 0 Å². The van der Waals surface area contributed by atoms with Gasteiger partial charge in [-0.2, -0.15) is 0 Å². The first-order valence-corrected chi connectivity index (χ1v) is 8.97. The van der Waals surface area contributed by atoms with Gasteiger partial charge in [-0.25, -0.2) is 4.98 Å². The van der Waals surface area contributed by atoms with E-state index < -0.39 is 0 Å². The average Bonchev–Trinajstić information content (AvgIpc) is 3.34. The van der Waals surface area contributed by atoms with Gasteiger partial charge in [-0.15, -0.1) is 0 Å². The topological polar surface area (TPSA) is 72.5 Å². The molecule has 7 nitrogen and oxygen atoms in total. The third-order valence-electron chi connectivity index (χ3n) is 5.02. The van der Waals surface area contributed by atoms with Gasteiger partial charge in [-0.3, -0.25) is 9.88 Å². The standard InChI is InChI=1S/C20H20N4O3/c1-25-17-8-19-18(26-12-27-19)7-14(17)10-24-6-4-15-16(11-24)23-20(22-15)13-3-2-5-21-9-13/h2-3,5,7-9H,4,6,10-12H2,1H3,(H,22,23). The SMILES string of the molecule is COc1cc2c(cc1CN1CCc3nc(-c4cccnc4)[nH]c3C1)OCO2. The molecule has 2 aliphatic rings. The van der Waals surface area contributed by atoms with Gasteiger partial charge in [0.15, 0.2) is 11.5 Å². The lowest BCUT2D eigenvalue weighted by Gasteiger charge is -2.26. The summed E-state index contributed by atoms with van der Waals surface area (Å²) in [4.78, 5) is 14.8. The van der Waals surface area contributed by atoms with Crippen molar-refractivity contribution in [1.82, 2.24) is 19.9 Å². The number of nitrogens with one attached hydrogen (secondary N) is 1. The van der Waals surface area contributed by atoms with Crippen LogP contribution >= 0.6 is 0 Å². The molecule has 0 aliphatic carbocycles. The van der Waals surface area contributed by atoms with Crippen LogP contribution in [0.1, 0.15) is 17.0 Å². The summed E-state index contributed by atoms with van der Waals surface area (Å²) in [5.74, 6) is 3.23. The van der Waals surface area contributed by atoms with Gasteiger partial charge in [0.2, 0.25) is 6.79 Å². The summed E-state index contributed by atoms with van der Waals surface area (Å²) in [6, 6.07) is 7.87. The summed E-state index contributed by atoms with van der Waals surface area (Å²) < 4.78 is 16.5. The Morgan fingerprint density at radius 2 is 2.15 bits per heavy atom. The van der Waals surface area contributed by atoms with E-state index >= 15 is 0 Å². The van der Waals surface area contributed by atoms with Crippen LogP contribution < -0.4 is 14.2 Å². The second kappa shape index (κ2) is 6.59. The number of hydrogen-bond acceptors (Lipinski definition) is 6. The van der Waals surface area contributed by atoms with Crippen molar-refractivity contribution in [3.05, 3.63) is 53.6 Å².